The largest absolute Gasteiger partial charge is 0.371 e. The maximum absolute atomic E-state index is 10.3. The summed E-state index contributed by atoms with van der Waals surface area (Å²) < 4.78 is 5.86. The zero-order valence-corrected chi connectivity index (χ0v) is 9.84. The van der Waals surface area contributed by atoms with Crippen molar-refractivity contribution in [1.29, 1.82) is 0 Å². The second kappa shape index (κ2) is 6.33. The average Bonchev–Trinajstić information content (AvgIpc) is 2.39. The molecule has 0 bridgehead atoms. The van der Waals surface area contributed by atoms with Crippen molar-refractivity contribution >= 4 is 6.08 Å². The minimum Gasteiger partial charge on any atom is -0.371 e. The molecule has 0 amide bonds. The van der Waals surface area contributed by atoms with Crippen molar-refractivity contribution in [3.8, 4) is 0 Å². The van der Waals surface area contributed by atoms with Crippen LogP contribution in [0.3, 0.4) is 0 Å². The summed E-state index contributed by atoms with van der Waals surface area (Å²) in [6.45, 7) is 0.594. The van der Waals surface area contributed by atoms with Gasteiger partial charge in [0.05, 0.1) is 18.8 Å². The van der Waals surface area contributed by atoms with Gasteiger partial charge in [-0.05, 0) is 18.4 Å². The van der Waals surface area contributed by atoms with E-state index in [-0.39, 0.29) is 12.1 Å². The Balaban J connectivity index is 1.90. The minimum atomic E-state index is 0.00459. The lowest BCUT2D eigenvalue weighted by molar-refractivity contribution is 0.00466. The number of carbonyl (C=O) groups excluding carboxylic acids is 1. The first-order valence-corrected chi connectivity index (χ1v) is 6.12. The molecule has 0 N–H and O–H groups in total. The molecule has 0 spiro atoms. The van der Waals surface area contributed by atoms with Crippen LogP contribution < -0.4 is 0 Å². The van der Waals surface area contributed by atoms with Gasteiger partial charge in [0.1, 0.15) is 0 Å². The van der Waals surface area contributed by atoms with Gasteiger partial charge in [0.15, 0.2) is 0 Å². The lowest BCUT2D eigenvalue weighted by Gasteiger charge is -2.27. The minimum absolute atomic E-state index is 0.00459. The number of nitrogens with zero attached hydrogens (tertiary/aromatic N) is 1. The van der Waals surface area contributed by atoms with Crippen molar-refractivity contribution in [3.63, 3.8) is 0 Å². The van der Waals surface area contributed by atoms with E-state index in [0.717, 1.165) is 31.2 Å². The molecule has 1 saturated carbocycles. The van der Waals surface area contributed by atoms with E-state index in [1.165, 1.54) is 0 Å². The van der Waals surface area contributed by atoms with Crippen molar-refractivity contribution in [2.24, 2.45) is 4.99 Å². The van der Waals surface area contributed by atoms with Crippen LogP contribution in [0.1, 0.15) is 31.2 Å². The molecule has 0 aromatic heterocycles. The number of rotatable bonds is 4. The van der Waals surface area contributed by atoms with Crippen molar-refractivity contribution in [2.75, 3.05) is 0 Å². The highest BCUT2D eigenvalue weighted by molar-refractivity contribution is 5.33. The molecule has 1 aromatic carbocycles. The Kier molecular flexibility index (Phi) is 4.48. The Bertz CT molecular complexity index is 384. The Labute approximate surface area is 102 Å². The van der Waals surface area contributed by atoms with Gasteiger partial charge in [-0.2, -0.15) is 4.99 Å². The van der Waals surface area contributed by atoms with E-state index in [4.69, 9.17) is 4.74 Å². The van der Waals surface area contributed by atoms with E-state index < -0.39 is 0 Å². The van der Waals surface area contributed by atoms with Crippen LogP contribution in [0.25, 0.3) is 0 Å². The molecule has 0 aliphatic heterocycles. The molecule has 1 aromatic rings. The highest BCUT2D eigenvalue weighted by atomic mass is 16.5. The molecule has 0 heterocycles. The zero-order valence-electron chi connectivity index (χ0n) is 9.84. The van der Waals surface area contributed by atoms with Crippen LogP contribution in [-0.4, -0.2) is 18.2 Å². The highest BCUT2D eigenvalue weighted by Crippen LogP contribution is 2.24. The predicted octanol–water partition coefficient (Wildman–Crippen LogP) is 2.85. The first-order valence-electron chi connectivity index (χ1n) is 6.12. The second-order valence-corrected chi connectivity index (χ2v) is 4.41. The summed E-state index contributed by atoms with van der Waals surface area (Å²) in [6, 6.07) is 10.1. The van der Waals surface area contributed by atoms with Crippen LogP contribution in [0.2, 0.25) is 0 Å². The van der Waals surface area contributed by atoms with Gasteiger partial charge in [-0.3, -0.25) is 0 Å². The van der Waals surface area contributed by atoms with Gasteiger partial charge >= 0.3 is 0 Å². The fourth-order valence-corrected chi connectivity index (χ4v) is 2.26. The van der Waals surface area contributed by atoms with Gasteiger partial charge in [0, 0.05) is 0 Å². The molecule has 90 valence electrons. The summed E-state index contributed by atoms with van der Waals surface area (Å²) in [5, 5.41) is 0. The van der Waals surface area contributed by atoms with Crippen LogP contribution in [0.4, 0.5) is 0 Å². The average molecular weight is 231 g/mol. The highest BCUT2D eigenvalue weighted by Gasteiger charge is 2.25. The molecule has 2 rings (SSSR count). The third kappa shape index (κ3) is 3.52. The Morgan fingerprint density at radius 2 is 2.00 bits per heavy atom. The molecular weight excluding hydrogens is 214 g/mol. The fraction of sp³-hybridized carbons (Fsp3) is 0.500. The lowest BCUT2D eigenvalue weighted by atomic mass is 9.93. The molecule has 2 atom stereocenters. The molecule has 0 saturated heterocycles. The normalized spacial score (nSPS) is 24.0. The first kappa shape index (κ1) is 12.0. The fourth-order valence-electron chi connectivity index (χ4n) is 2.26. The summed E-state index contributed by atoms with van der Waals surface area (Å²) in [5.74, 6) is 0. The summed E-state index contributed by atoms with van der Waals surface area (Å²) in [6.07, 6.45) is 5.95. The molecule has 17 heavy (non-hydrogen) atoms. The van der Waals surface area contributed by atoms with Gasteiger partial charge in [0.2, 0.25) is 6.08 Å². The van der Waals surface area contributed by atoms with Crippen molar-refractivity contribution in [3.05, 3.63) is 35.9 Å². The number of isocyanates is 1. The third-order valence-corrected chi connectivity index (χ3v) is 3.19. The quantitative estimate of drug-likeness (QED) is 0.590. The molecule has 3 nitrogen and oxygen atoms in total. The van der Waals surface area contributed by atoms with E-state index >= 15 is 0 Å². The first-order chi connectivity index (χ1) is 8.40. The number of aliphatic imine (C=N–C) groups is 1. The van der Waals surface area contributed by atoms with E-state index in [2.05, 4.69) is 4.99 Å². The van der Waals surface area contributed by atoms with Crippen LogP contribution in [-0.2, 0) is 16.1 Å². The number of hydrogen-bond donors (Lipinski definition) is 0. The number of hydrogen-bond acceptors (Lipinski definition) is 3. The maximum atomic E-state index is 10.3. The summed E-state index contributed by atoms with van der Waals surface area (Å²) in [7, 11) is 0. The van der Waals surface area contributed by atoms with Crippen LogP contribution in [0, 0.1) is 0 Å². The molecule has 3 heteroatoms. The SMILES string of the molecule is O=C=NC1CCCCC1OCc1ccccc1. The smallest absolute Gasteiger partial charge is 0.235 e. The summed E-state index contributed by atoms with van der Waals surface area (Å²) >= 11 is 0. The molecule has 1 fully saturated rings. The third-order valence-electron chi connectivity index (χ3n) is 3.19. The van der Waals surface area contributed by atoms with E-state index in [0.29, 0.717) is 6.61 Å². The van der Waals surface area contributed by atoms with Crippen molar-refractivity contribution in [2.45, 2.75) is 44.4 Å². The topological polar surface area (TPSA) is 38.7 Å². The van der Waals surface area contributed by atoms with Crippen molar-refractivity contribution in [1.82, 2.24) is 0 Å². The number of benzene rings is 1. The van der Waals surface area contributed by atoms with E-state index in [1.807, 2.05) is 30.3 Å². The maximum Gasteiger partial charge on any atom is 0.235 e. The molecule has 1 aliphatic carbocycles. The van der Waals surface area contributed by atoms with Crippen LogP contribution in [0.5, 0.6) is 0 Å². The zero-order chi connectivity index (χ0) is 11.9. The Morgan fingerprint density at radius 1 is 1.24 bits per heavy atom. The van der Waals surface area contributed by atoms with Gasteiger partial charge in [-0.1, -0.05) is 43.2 Å². The van der Waals surface area contributed by atoms with E-state index in [9.17, 15) is 4.79 Å². The number of ether oxygens (including phenoxy) is 1. The molecule has 0 radical (unpaired) electrons. The Hall–Kier alpha value is -1.44. The van der Waals surface area contributed by atoms with Crippen molar-refractivity contribution < 1.29 is 9.53 Å². The van der Waals surface area contributed by atoms with Gasteiger partial charge in [-0.25, -0.2) is 4.79 Å². The van der Waals surface area contributed by atoms with Gasteiger partial charge < -0.3 is 4.74 Å². The summed E-state index contributed by atoms with van der Waals surface area (Å²) in [5.41, 5.74) is 1.16. The monoisotopic (exact) mass is 231 g/mol. The standard InChI is InChI=1S/C14H17NO2/c16-11-15-13-8-4-5-9-14(13)17-10-12-6-2-1-3-7-12/h1-3,6-7,13-14H,4-5,8-10H2. The van der Waals surface area contributed by atoms with Crippen LogP contribution in [0.15, 0.2) is 35.3 Å². The summed E-state index contributed by atoms with van der Waals surface area (Å²) in [4.78, 5) is 14.2. The second-order valence-electron chi connectivity index (χ2n) is 4.41. The molecule has 1 aliphatic rings. The van der Waals surface area contributed by atoms with E-state index in [1.54, 1.807) is 6.08 Å². The molecular formula is C14H17NO2. The molecule has 2 unspecified atom stereocenters. The lowest BCUT2D eigenvalue weighted by Crippen LogP contribution is -2.30. The Morgan fingerprint density at radius 3 is 2.76 bits per heavy atom. The van der Waals surface area contributed by atoms with Gasteiger partial charge in [-0.15, -0.1) is 0 Å². The van der Waals surface area contributed by atoms with Crippen LogP contribution >= 0.6 is 0 Å². The predicted molar refractivity (Wildman–Crippen MR) is 65.4 cm³/mol. The van der Waals surface area contributed by atoms with Gasteiger partial charge in [0.25, 0.3) is 0 Å².